The van der Waals surface area contributed by atoms with E-state index < -0.39 is 10.0 Å². The zero-order chi connectivity index (χ0) is 14.4. The zero-order valence-corrected chi connectivity index (χ0v) is 13.6. The van der Waals surface area contributed by atoms with Gasteiger partial charge in [-0.3, -0.25) is 0 Å². The molecule has 1 aliphatic heterocycles. The van der Waals surface area contributed by atoms with Crippen LogP contribution in [0, 0.1) is 5.92 Å². The molecular formula is C15H30N2O2S. The maximum Gasteiger partial charge on any atom is 0.214 e. The Hall–Kier alpha value is -0.130. The monoisotopic (exact) mass is 302 g/mol. The summed E-state index contributed by atoms with van der Waals surface area (Å²) in [4.78, 5) is 0. The fraction of sp³-hybridized carbons (Fsp3) is 1.00. The standard InChI is InChI=1S/C15H30N2O2S/c1-2-11-17(12-15-9-6-10-16-15)20(18,19)13-14-7-4-3-5-8-14/h14-16H,2-13H2,1H3. The average molecular weight is 302 g/mol. The van der Waals surface area contributed by atoms with Gasteiger partial charge in [-0.15, -0.1) is 0 Å². The predicted octanol–water partition coefficient (Wildman–Crippen LogP) is 2.36. The number of rotatable bonds is 7. The van der Waals surface area contributed by atoms with Gasteiger partial charge in [-0.05, 0) is 44.6 Å². The van der Waals surface area contributed by atoms with Gasteiger partial charge in [-0.2, -0.15) is 0 Å². The van der Waals surface area contributed by atoms with Gasteiger partial charge in [0.05, 0.1) is 5.75 Å². The maximum atomic E-state index is 12.7. The highest BCUT2D eigenvalue weighted by Gasteiger charge is 2.29. The van der Waals surface area contributed by atoms with E-state index in [4.69, 9.17) is 0 Å². The second-order valence-corrected chi connectivity index (χ2v) is 8.45. The summed E-state index contributed by atoms with van der Waals surface area (Å²) in [6.07, 6.45) is 9.07. The van der Waals surface area contributed by atoms with Crippen molar-refractivity contribution in [2.75, 3.05) is 25.4 Å². The smallest absolute Gasteiger partial charge is 0.214 e. The van der Waals surface area contributed by atoms with Crippen molar-refractivity contribution in [3.8, 4) is 0 Å². The molecule has 0 aromatic carbocycles. The molecule has 1 saturated heterocycles. The van der Waals surface area contributed by atoms with E-state index in [1.165, 1.54) is 25.7 Å². The molecule has 0 amide bonds. The van der Waals surface area contributed by atoms with Gasteiger partial charge in [0.15, 0.2) is 0 Å². The fourth-order valence-corrected chi connectivity index (χ4v) is 5.52. The van der Waals surface area contributed by atoms with Crippen LogP contribution < -0.4 is 5.32 Å². The van der Waals surface area contributed by atoms with Crippen LogP contribution in [-0.4, -0.2) is 44.2 Å². The number of nitrogens with one attached hydrogen (secondary N) is 1. The molecule has 2 fully saturated rings. The molecule has 118 valence electrons. The van der Waals surface area contributed by atoms with Gasteiger partial charge < -0.3 is 5.32 Å². The summed E-state index contributed by atoms with van der Waals surface area (Å²) in [5.41, 5.74) is 0. The first-order valence-electron chi connectivity index (χ1n) is 8.33. The molecule has 1 aliphatic carbocycles. The van der Waals surface area contributed by atoms with Gasteiger partial charge in [0.25, 0.3) is 0 Å². The van der Waals surface area contributed by atoms with Gasteiger partial charge in [0, 0.05) is 19.1 Å². The van der Waals surface area contributed by atoms with Crippen LogP contribution in [0.1, 0.15) is 58.3 Å². The van der Waals surface area contributed by atoms with Crippen molar-refractivity contribution >= 4 is 10.0 Å². The van der Waals surface area contributed by atoms with Gasteiger partial charge in [-0.1, -0.05) is 26.2 Å². The van der Waals surface area contributed by atoms with Crippen LogP contribution in [0.5, 0.6) is 0 Å². The Morgan fingerprint density at radius 1 is 1.10 bits per heavy atom. The highest BCUT2D eigenvalue weighted by molar-refractivity contribution is 7.89. The fourth-order valence-electron chi connectivity index (χ4n) is 3.51. The van der Waals surface area contributed by atoms with E-state index >= 15 is 0 Å². The molecule has 1 saturated carbocycles. The minimum Gasteiger partial charge on any atom is -0.313 e. The van der Waals surface area contributed by atoms with Gasteiger partial charge in [0.2, 0.25) is 10.0 Å². The lowest BCUT2D eigenvalue weighted by molar-refractivity contribution is 0.348. The quantitative estimate of drug-likeness (QED) is 0.785. The highest BCUT2D eigenvalue weighted by Crippen LogP contribution is 2.26. The lowest BCUT2D eigenvalue weighted by Crippen LogP contribution is -2.43. The van der Waals surface area contributed by atoms with E-state index in [0.29, 0.717) is 30.8 Å². The minimum atomic E-state index is -3.08. The van der Waals surface area contributed by atoms with Gasteiger partial charge in [-0.25, -0.2) is 12.7 Å². The molecule has 0 aromatic rings. The van der Waals surface area contributed by atoms with E-state index in [2.05, 4.69) is 12.2 Å². The van der Waals surface area contributed by atoms with E-state index in [1.807, 2.05) is 0 Å². The van der Waals surface area contributed by atoms with E-state index in [0.717, 1.165) is 32.2 Å². The van der Waals surface area contributed by atoms with E-state index in [-0.39, 0.29) is 0 Å². The van der Waals surface area contributed by atoms with Crippen molar-refractivity contribution in [2.45, 2.75) is 64.3 Å². The third kappa shape index (κ3) is 4.71. The lowest BCUT2D eigenvalue weighted by atomic mass is 9.91. The normalized spacial score (nSPS) is 25.4. The minimum absolute atomic E-state index is 0.364. The molecule has 5 heteroatoms. The Morgan fingerprint density at radius 2 is 1.85 bits per heavy atom. The molecule has 0 spiro atoms. The van der Waals surface area contributed by atoms with Crippen molar-refractivity contribution < 1.29 is 8.42 Å². The largest absolute Gasteiger partial charge is 0.313 e. The molecule has 0 radical (unpaired) electrons. The molecule has 1 N–H and O–H groups in total. The zero-order valence-electron chi connectivity index (χ0n) is 12.8. The molecule has 20 heavy (non-hydrogen) atoms. The first kappa shape index (κ1) is 16.2. The summed E-state index contributed by atoms with van der Waals surface area (Å²) in [5, 5.41) is 3.42. The molecule has 0 aromatic heterocycles. The van der Waals surface area contributed by atoms with Crippen molar-refractivity contribution in [3.05, 3.63) is 0 Å². The topological polar surface area (TPSA) is 49.4 Å². The Bertz CT molecular complexity index is 371. The lowest BCUT2D eigenvalue weighted by Gasteiger charge is -2.28. The second kappa shape index (κ2) is 7.76. The van der Waals surface area contributed by atoms with E-state index in [9.17, 15) is 8.42 Å². The van der Waals surface area contributed by atoms with Crippen LogP contribution in [0.4, 0.5) is 0 Å². The summed E-state index contributed by atoms with van der Waals surface area (Å²) < 4.78 is 27.1. The summed E-state index contributed by atoms with van der Waals surface area (Å²) in [6, 6.07) is 0.364. The van der Waals surface area contributed by atoms with Crippen molar-refractivity contribution in [1.82, 2.24) is 9.62 Å². The van der Waals surface area contributed by atoms with Crippen LogP contribution in [0.3, 0.4) is 0 Å². The Morgan fingerprint density at radius 3 is 2.45 bits per heavy atom. The Balaban J connectivity index is 1.93. The summed E-state index contributed by atoms with van der Waals surface area (Å²) >= 11 is 0. The molecule has 1 heterocycles. The number of hydrogen-bond donors (Lipinski definition) is 1. The highest BCUT2D eigenvalue weighted by atomic mass is 32.2. The SMILES string of the molecule is CCCN(CC1CCCN1)S(=O)(=O)CC1CCCCC1. The summed E-state index contributed by atoms with van der Waals surface area (Å²) in [7, 11) is -3.08. The molecular weight excluding hydrogens is 272 g/mol. The molecule has 2 rings (SSSR count). The third-order valence-electron chi connectivity index (χ3n) is 4.62. The second-order valence-electron chi connectivity index (χ2n) is 6.43. The van der Waals surface area contributed by atoms with Crippen LogP contribution in [0.2, 0.25) is 0 Å². The van der Waals surface area contributed by atoms with Gasteiger partial charge >= 0.3 is 0 Å². The third-order valence-corrected chi connectivity index (χ3v) is 6.63. The number of sulfonamides is 1. The number of nitrogens with zero attached hydrogens (tertiary/aromatic N) is 1. The molecule has 1 unspecified atom stereocenters. The van der Waals surface area contributed by atoms with Crippen LogP contribution in [-0.2, 0) is 10.0 Å². The van der Waals surface area contributed by atoms with Gasteiger partial charge in [0.1, 0.15) is 0 Å². The molecule has 4 nitrogen and oxygen atoms in total. The van der Waals surface area contributed by atoms with Crippen molar-refractivity contribution in [1.29, 1.82) is 0 Å². The van der Waals surface area contributed by atoms with Crippen LogP contribution in [0.25, 0.3) is 0 Å². The maximum absolute atomic E-state index is 12.7. The number of hydrogen-bond acceptors (Lipinski definition) is 3. The molecule has 2 aliphatic rings. The predicted molar refractivity (Wildman–Crippen MR) is 83.3 cm³/mol. The first-order valence-corrected chi connectivity index (χ1v) is 9.94. The summed E-state index contributed by atoms with van der Waals surface area (Å²) in [6.45, 7) is 4.44. The summed E-state index contributed by atoms with van der Waals surface area (Å²) in [5.74, 6) is 0.768. The van der Waals surface area contributed by atoms with E-state index in [1.54, 1.807) is 4.31 Å². The average Bonchev–Trinajstić information content (AvgIpc) is 2.92. The van der Waals surface area contributed by atoms with Crippen LogP contribution in [0.15, 0.2) is 0 Å². The molecule has 1 atom stereocenters. The Labute approximate surface area is 124 Å². The van der Waals surface area contributed by atoms with Crippen molar-refractivity contribution in [3.63, 3.8) is 0 Å². The Kier molecular flexibility index (Phi) is 6.30. The first-order chi connectivity index (χ1) is 9.62. The molecule has 0 bridgehead atoms. The van der Waals surface area contributed by atoms with Crippen LogP contribution >= 0.6 is 0 Å². The van der Waals surface area contributed by atoms with Crippen molar-refractivity contribution in [2.24, 2.45) is 5.92 Å².